The van der Waals surface area contributed by atoms with Crippen molar-refractivity contribution in [3.05, 3.63) is 40.2 Å². The van der Waals surface area contributed by atoms with Crippen molar-refractivity contribution in [3.63, 3.8) is 0 Å². The van der Waals surface area contributed by atoms with Crippen LogP contribution in [0.25, 0.3) is 0 Å². The van der Waals surface area contributed by atoms with Crippen molar-refractivity contribution >= 4 is 11.3 Å². The van der Waals surface area contributed by atoms with Gasteiger partial charge in [-0.15, -0.1) is 11.3 Å². The maximum absolute atomic E-state index is 10.4. The monoisotopic (exact) mass is 320 g/mol. The smallest absolute Gasteiger partial charge is 0.132 e. The number of aliphatic hydroxyl groups is 1. The van der Waals surface area contributed by atoms with Gasteiger partial charge < -0.3 is 9.52 Å². The van der Waals surface area contributed by atoms with Crippen LogP contribution >= 0.6 is 11.3 Å². The maximum Gasteiger partial charge on any atom is 0.132 e. The summed E-state index contributed by atoms with van der Waals surface area (Å²) in [7, 11) is 0. The first-order valence-electron chi connectivity index (χ1n) is 8.09. The molecule has 2 aromatic heterocycles. The molecule has 0 saturated carbocycles. The summed E-state index contributed by atoms with van der Waals surface area (Å²) in [6.45, 7) is 4.03. The number of hydrogen-bond acceptors (Lipinski definition) is 5. The number of aromatic nitrogens is 1. The van der Waals surface area contributed by atoms with Crippen molar-refractivity contribution in [2.24, 2.45) is 0 Å². The Labute approximate surface area is 135 Å². The number of rotatable bonds is 5. The third kappa shape index (κ3) is 3.97. The molecule has 0 radical (unpaired) electrons. The summed E-state index contributed by atoms with van der Waals surface area (Å²) in [5.74, 6) is 0.675. The van der Waals surface area contributed by atoms with E-state index < -0.39 is 6.10 Å². The van der Waals surface area contributed by atoms with Crippen LogP contribution in [0.1, 0.15) is 54.7 Å². The highest BCUT2D eigenvalue weighted by atomic mass is 32.1. The molecule has 1 N–H and O–H groups in total. The summed E-state index contributed by atoms with van der Waals surface area (Å²) in [6.07, 6.45) is 6.74. The Hall–Kier alpha value is -1.17. The molecule has 0 aromatic carbocycles. The number of nitrogens with zero attached hydrogens (tertiary/aromatic N) is 2. The first kappa shape index (κ1) is 15.7. The van der Waals surface area contributed by atoms with E-state index in [9.17, 15) is 5.11 Å². The van der Waals surface area contributed by atoms with Crippen molar-refractivity contribution in [2.75, 3.05) is 6.54 Å². The average molecular weight is 320 g/mol. The molecule has 1 fully saturated rings. The van der Waals surface area contributed by atoms with Crippen molar-refractivity contribution in [2.45, 2.75) is 57.7 Å². The largest absolute Gasteiger partial charge is 0.467 e. The molecular weight excluding hydrogens is 296 g/mol. The van der Waals surface area contributed by atoms with E-state index in [0.717, 1.165) is 31.6 Å². The quantitative estimate of drug-likeness (QED) is 0.907. The van der Waals surface area contributed by atoms with Crippen LogP contribution in [-0.4, -0.2) is 27.6 Å². The zero-order valence-electron chi connectivity index (χ0n) is 13.1. The highest BCUT2D eigenvalue weighted by molar-refractivity contribution is 7.09. The third-order valence-corrected chi connectivity index (χ3v) is 5.32. The average Bonchev–Trinajstić information content (AvgIpc) is 3.12. The van der Waals surface area contributed by atoms with Gasteiger partial charge in [-0.1, -0.05) is 12.8 Å². The summed E-state index contributed by atoms with van der Waals surface area (Å²) < 4.78 is 5.35. The van der Waals surface area contributed by atoms with Crippen LogP contribution < -0.4 is 0 Å². The standard InChI is InChI=1S/C17H24N2O2S/c1-13-12-22-17(18-13)11-19-8-4-2-3-6-14(19)10-15(20)16-7-5-9-21-16/h5,7,9,12,14-15,20H,2-4,6,8,10-11H2,1H3. The van der Waals surface area contributed by atoms with Crippen LogP contribution in [0.4, 0.5) is 0 Å². The van der Waals surface area contributed by atoms with Gasteiger partial charge in [0, 0.05) is 17.1 Å². The van der Waals surface area contributed by atoms with Gasteiger partial charge in [0.05, 0.1) is 12.8 Å². The van der Waals surface area contributed by atoms with Crippen molar-refractivity contribution < 1.29 is 9.52 Å². The number of aliphatic hydroxyl groups excluding tert-OH is 1. The summed E-state index contributed by atoms with van der Waals surface area (Å²) in [4.78, 5) is 7.09. The second-order valence-corrected chi connectivity index (χ2v) is 7.07. The number of aryl methyl sites for hydroxylation is 1. The highest BCUT2D eigenvalue weighted by Crippen LogP contribution is 2.28. The fourth-order valence-electron chi connectivity index (χ4n) is 3.22. The molecule has 3 heterocycles. The molecule has 3 rings (SSSR count). The number of likely N-dealkylation sites (tertiary alicyclic amines) is 1. The van der Waals surface area contributed by atoms with Crippen molar-refractivity contribution in [1.82, 2.24) is 9.88 Å². The normalized spacial score (nSPS) is 21.6. The van der Waals surface area contributed by atoms with Crippen molar-refractivity contribution in [1.29, 1.82) is 0 Å². The Morgan fingerprint density at radius 1 is 1.45 bits per heavy atom. The van der Waals surface area contributed by atoms with Crippen LogP contribution in [0.3, 0.4) is 0 Å². The molecule has 1 saturated heterocycles. The Morgan fingerprint density at radius 2 is 2.36 bits per heavy atom. The summed E-state index contributed by atoms with van der Waals surface area (Å²) in [5, 5.41) is 13.7. The molecule has 22 heavy (non-hydrogen) atoms. The molecule has 1 aliphatic heterocycles. The molecule has 5 heteroatoms. The first-order chi connectivity index (χ1) is 10.7. The van der Waals surface area contributed by atoms with E-state index in [1.807, 2.05) is 19.1 Å². The third-order valence-electron chi connectivity index (χ3n) is 4.37. The Morgan fingerprint density at radius 3 is 3.09 bits per heavy atom. The molecule has 0 bridgehead atoms. The Balaban J connectivity index is 1.67. The van der Waals surface area contributed by atoms with Gasteiger partial charge in [0.1, 0.15) is 16.9 Å². The lowest BCUT2D eigenvalue weighted by Crippen LogP contribution is -2.35. The van der Waals surface area contributed by atoms with Crippen LogP contribution in [0.2, 0.25) is 0 Å². The molecule has 2 aromatic rings. The predicted molar refractivity (Wildman–Crippen MR) is 87.8 cm³/mol. The zero-order valence-corrected chi connectivity index (χ0v) is 13.9. The van der Waals surface area contributed by atoms with Gasteiger partial charge >= 0.3 is 0 Å². The lowest BCUT2D eigenvalue weighted by molar-refractivity contribution is 0.0830. The van der Waals surface area contributed by atoms with E-state index >= 15 is 0 Å². The molecule has 2 unspecified atom stereocenters. The van der Waals surface area contributed by atoms with Crippen LogP contribution in [0, 0.1) is 6.92 Å². The second kappa shape index (κ2) is 7.40. The first-order valence-corrected chi connectivity index (χ1v) is 8.97. The molecule has 120 valence electrons. The van der Waals surface area contributed by atoms with E-state index in [-0.39, 0.29) is 0 Å². The zero-order chi connectivity index (χ0) is 15.4. The molecule has 2 atom stereocenters. The predicted octanol–water partition coefficient (Wildman–Crippen LogP) is 3.91. The topological polar surface area (TPSA) is 49.5 Å². The summed E-state index contributed by atoms with van der Waals surface area (Å²) in [6, 6.07) is 4.09. The van der Waals surface area contributed by atoms with E-state index in [1.54, 1.807) is 17.6 Å². The lowest BCUT2D eigenvalue weighted by atomic mass is 10.0. The van der Waals surface area contributed by atoms with Gasteiger partial charge in [-0.05, 0) is 44.9 Å². The van der Waals surface area contributed by atoms with E-state index in [1.165, 1.54) is 24.3 Å². The highest BCUT2D eigenvalue weighted by Gasteiger charge is 2.25. The Bertz CT molecular complexity index is 567. The molecule has 1 aliphatic rings. The molecule has 0 spiro atoms. The summed E-state index contributed by atoms with van der Waals surface area (Å²) >= 11 is 1.73. The van der Waals surface area contributed by atoms with E-state index in [0.29, 0.717) is 11.8 Å². The molecular formula is C17H24N2O2S. The van der Waals surface area contributed by atoms with Gasteiger partial charge in [-0.3, -0.25) is 4.90 Å². The van der Waals surface area contributed by atoms with Gasteiger partial charge in [0.2, 0.25) is 0 Å². The number of hydrogen-bond donors (Lipinski definition) is 1. The van der Waals surface area contributed by atoms with Gasteiger partial charge in [-0.25, -0.2) is 4.98 Å². The van der Waals surface area contributed by atoms with Crippen LogP contribution in [0.5, 0.6) is 0 Å². The minimum Gasteiger partial charge on any atom is -0.467 e. The minimum atomic E-state index is -0.515. The number of furan rings is 1. The van der Waals surface area contributed by atoms with E-state index in [4.69, 9.17) is 4.42 Å². The van der Waals surface area contributed by atoms with Crippen LogP contribution in [0.15, 0.2) is 28.2 Å². The lowest BCUT2D eigenvalue weighted by Gasteiger charge is -2.30. The molecule has 0 aliphatic carbocycles. The van der Waals surface area contributed by atoms with Crippen molar-refractivity contribution in [3.8, 4) is 0 Å². The van der Waals surface area contributed by atoms with Gasteiger partial charge in [-0.2, -0.15) is 0 Å². The van der Waals surface area contributed by atoms with Gasteiger partial charge in [0.15, 0.2) is 0 Å². The molecule has 4 nitrogen and oxygen atoms in total. The second-order valence-electron chi connectivity index (χ2n) is 6.12. The fourth-order valence-corrected chi connectivity index (χ4v) is 4.01. The van der Waals surface area contributed by atoms with Crippen LogP contribution in [-0.2, 0) is 6.54 Å². The SMILES string of the molecule is Cc1csc(CN2CCCCCC2CC(O)c2ccco2)n1. The Kier molecular flexibility index (Phi) is 5.28. The van der Waals surface area contributed by atoms with Gasteiger partial charge in [0.25, 0.3) is 0 Å². The number of thiazole rings is 1. The maximum atomic E-state index is 10.4. The van der Waals surface area contributed by atoms with E-state index in [2.05, 4.69) is 15.3 Å². The fraction of sp³-hybridized carbons (Fsp3) is 0.588. The minimum absolute atomic E-state index is 0.395. The molecule has 0 amide bonds. The summed E-state index contributed by atoms with van der Waals surface area (Å²) in [5.41, 5.74) is 1.10.